The molecule has 9 heteroatoms. The van der Waals surface area contributed by atoms with Crippen molar-refractivity contribution in [2.45, 2.75) is 24.7 Å². The molecule has 4 heterocycles. The fourth-order valence-corrected chi connectivity index (χ4v) is 5.02. The van der Waals surface area contributed by atoms with Gasteiger partial charge in [-0.2, -0.15) is 18.2 Å². The number of nitrogens with two attached hydrogens (primary N) is 1. The minimum Gasteiger partial charge on any atom is -0.368 e. The maximum absolute atomic E-state index is 13.0. The minimum atomic E-state index is -4.36. The van der Waals surface area contributed by atoms with Crippen LogP contribution in [-0.2, 0) is 6.18 Å². The number of hydrogen-bond acceptors (Lipinski definition) is 6. The summed E-state index contributed by atoms with van der Waals surface area (Å²) in [5.74, 6) is 0.893. The summed E-state index contributed by atoms with van der Waals surface area (Å²) < 4.78 is 40.4. The fourth-order valence-electron chi connectivity index (χ4n) is 3.84. The van der Waals surface area contributed by atoms with Crippen molar-refractivity contribution in [1.29, 1.82) is 0 Å². The zero-order chi connectivity index (χ0) is 17.3. The minimum absolute atomic E-state index is 0.151. The van der Waals surface area contributed by atoms with Crippen molar-refractivity contribution in [3.05, 3.63) is 23.8 Å². The van der Waals surface area contributed by atoms with E-state index in [1.165, 1.54) is 23.5 Å². The van der Waals surface area contributed by atoms with Gasteiger partial charge >= 0.3 is 6.18 Å². The molecule has 25 heavy (non-hydrogen) atoms. The van der Waals surface area contributed by atoms with E-state index in [0.29, 0.717) is 27.7 Å². The molecular weight excluding hydrogens is 351 g/mol. The number of anilines is 2. The van der Waals surface area contributed by atoms with Crippen molar-refractivity contribution in [2.75, 3.05) is 23.7 Å². The summed E-state index contributed by atoms with van der Waals surface area (Å²) in [6, 6.07) is 4.53. The first-order chi connectivity index (χ1) is 11.9. The average Bonchev–Trinajstić information content (AvgIpc) is 3.26. The highest BCUT2D eigenvalue weighted by Gasteiger charge is 2.39. The SMILES string of the molecule is Nc1nc(N2C[C@@H]3C[C@H]2CN3)c2sc3cc(C(F)(F)F)ccc3c2n1. The topological polar surface area (TPSA) is 67.1 Å². The van der Waals surface area contributed by atoms with Gasteiger partial charge in [0.05, 0.1) is 15.8 Å². The Balaban J connectivity index is 1.73. The Morgan fingerprint density at radius 1 is 1.28 bits per heavy atom. The van der Waals surface area contributed by atoms with E-state index >= 15 is 0 Å². The Hall–Kier alpha value is -2.13. The molecule has 0 saturated carbocycles. The first-order valence-corrected chi connectivity index (χ1v) is 8.79. The molecule has 0 radical (unpaired) electrons. The van der Waals surface area contributed by atoms with E-state index in [1.807, 2.05) is 0 Å². The van der Waals surface area contributed by atoms with Gasteiger partial charge in [0.2, 0.25) is 5.95 Å². The summed E-state index contributed by atoms with van der Waals surface area (Å²) in [5.41, 5.74) is 5.88. The summed E-state index contributed by atoms with van der Waals surface area (Å²) in [7, 11) is 0. The van der Waals surface area contributed by atoms with E-state index in [-0.39, 0.29) is 5.95 Å². The molecule has 0 aliphatic carbocycles. The van der Waals surface area contributed by atoms with Crippen LogP contribution in [0.5, 0.6) is 0 Å². The zero-order valence-corrected chi connectivity index (χ0v) is 13.8. The fraction of sp³-hybridized carbons (Fsp3) is 0.375. The second-order valence-corrected chi connectivity index (χ2v) is 7.59. The molecule has 0 spiro atoms. The van der Waals surface area contributed by atoms with Crippen LogP contribution in [0.3, 0.4) is 0 Å². The molecule has 3 N–H and O–H groups in total. The molecule has 3 aromatic rings. The highest BCUT2D eigenvalue weighted by Crippen LogP contribution is 2.42. The Kier molecular flexibility index (Phi) is 3.00. The van der Waals surface area contributed by atoms with Gasteiger partial charge in [-0.25, -0.2) is 4.98 Å². The Morgan fingerprint density at radius 2 is 2.12 bits per heavy atom. The van der Waals surface area contributed by atoms with Crippen molar-refractivity contribution in [3.8, 4) is 0 Å². The molecule has 2 saturated heterocycles. The molecule has 0 unspecified atom stereocenters. The number of fused-ring (bicyclic) bond motifs is 5. The number of nitrogens with zero attached hydrogens (tertiary/aromatic N) is 3. The number of piperazine rings is 1. The molecule has 130 valence electrons. The van der Waals surface area contributed by atoms with E-state index in [4.69, 9.17) is 5.73 Å². The van der Waals surface area contributed by atoms with Crippen molar-refractivity contribution in [2.24, 2.45) is 0 Å². The van der Waals surface area contributed by atoms with Crippen LogP contribution in [0.2, 0.25) is 0 Å². The lowest BCUT2D eigenvalue weighted by Crippen LogP contribution is -2.44. The lowest BCUT2D eigenvalue weighted by molar-refractivity contribution is -0.137. The van der Waals surface area contributed by atoms with Crippen LogP contribution in [0, 0.1) is 0 Å². The summed E-state index contributed by atoms with van der Waals surface area (Å²) in [4.78, 5) is 10.9. The molecule has 2 atom stereocenters. The van der Waals surface area contributed by atoms with Gasteiger partial charge in [-0.3, -0.25) is 0 Å². The zero-order valence-electron chi connectivity index (χ0n) is 13.0. The Bertz CT molecular complexity index is 999. The van der Waals surface area contributed by atoms with Gasteiger partial charge in [0.15, 0.2) is 5.82 Å². The van der Waals surface area contributed by atoms with Gasteiger partial charge < -0.3 is 16.0 Å². The number of hydrogen-bond donors (Lipinski definition) is 2. The van der Waals surface area contributed by atoms with Crippen molar-refractivity contribution in [1.82, 2.24) is 15.3 Å². The lowest BCUT2D eigenvalue weighted by Gasteiger charge is -2.28. The van der Waals surface area contributed by atoms with Crippen LogP contribution in [0.1, 0.15) is 12.0 Å². The molecular formula is C16H14F3N5S. The second kappa shape index (κ2) is 4.95. The van der Waals surface area contributed by atoms with Gasteiger partial charge in [-0.05, 0) is 18.6 Å². The Labute approximate surface area is 144 Å². The van der Waals surface area contributed by atoms with Crippen LogP contribution in [0.25, 0.3) is 20.3 Å². The summed E-state index contributed by atoms with van der Waals surface area (Å²) in [6.07, 6.45) is -3.31. The first kappa shape index (κ1) is 15.2. The molecule has 2 aliphatic heterocycles. The quantitative estimate of drug-likeness (QED) is 0.694. The van der Waals surface area contributed by atoms with E-state index in [2.05, 4.69) is 20.2 Å². The lowest BCUT2D eigenvalue weighted by atomic mass is 10.1. The van der Waals surface area contributed by atoms with Gasteiger partial charge in [0.1, 0.15) is 0 Å². The number of rotatable bonds is 1. The van der Waals surface area contributed by atoms with Crippen molar-refractivity contribution < 1.29 is 13.2 Å². The highest BCUT2D eigenvalue weighted by molar-refractivity contribution is 7.26. The number of nitrogen functional groups attached to an aromatic ring is 1. The predicted molar refractivity (Wildman–Crippen MR) is 91.9 cm³/mol. The van der Waals surface area contributed by atoms with Crippen LogP contribution >= 0.6 is 11.3 Å². The molecule has 2 aromatic heterocycles. The average molecular weight is 365 g/mol. The highest BCUT2D eigenvalue weighted by atomic mass is 32.1. The number of alkyl halides is 3. The van der Waals surface area contributed by atoms with Crippen LogP contribution in [0.15, 0.2) is 18.2 Å². The van der Waals surface area contributed by atoms with Crippen molar-refractivity contribution in [3.63, 3.8) is 0 Å². The van der Waals surface area contributed by atoms with E-state index in [9.17, 15) is 13.2 Å². The third-order valence-electron chi connectivity index (χ3n) is 4.97. The predicted octanol–water partition coefficient (Wildman–Crippen LogP) is 3.00. The van der Waals surface area contributed by atoms with Crippen LogP contribution in [-0.4, -0.2) is 35.1 Å². The number of benzene rings is 1. The molecule has 5 nitrogen and oxygen atoms in total. The number of halogens is 3. The van der Waals surface area contributed by atoms with Gasteiger partial charge in [-0.15, -0.1) is 11.3 Å². The molecule has 2 bridgehead atoms. The largest absolute Gasteiger partial charge is 0.416 e. The molecule has 0 amide bonds. The maximum atomic E-state index is 13.0. The third-order valence-corrected chi connectivity index (χ3v) is 6.11. The first-order valence-electron chi connectivity index (χ1n) is 7.97. The number of thiophene rings is 1. The summed E-state index contributed by atoms with van der Waals surface area (Å²) >= 11 is 1.30. The number of nitrogens with one attached hydrogen (secondary N) is 1. The van der Waals surface area contributed by atoms with Crippen LogP contribution < -0.4 is 16.0 Å². The number of aromatic nitrogens is 2. The van der Waals surface area contributed by atoms with Gasteiger partial charge in [-0.1, -0.05) is 6.07 Å². The molecule has 1 aromatic carbocycles. The summed E-state index contributed by atoms with van der Waals surface area (Å²) in [5, 5.41) is 4.12. The van der Waals surface area contributed by atoms with Gasteiger partial charge in [0.25, 0.3) is 0 Å². The van der Waals surface area contributed by atoms with E-state index in [0.717, 1.165) is 36.1 Å². The third kappa shape index (κ3) is 2.26. The van der Waals surface area contributed by atoms with E-state index in [1.54, 1.807) is 0 Å². The molecule has 2 fully saturated rings. The van der Waals surface area contributed by atoms with Crippen LogP contribution in [0.4, 0.5) is 24.9 Å². The van der Waals surface area contributed by atoms with E-state index < -0.39 is 11.7 Å². The maximum Gasteiger partial charge on any atom is 0.416 e. The standard InChI is InChI=1S/C16H14F3N5S/c17-16(18,19)7-1-2-10-11(3-7)25-13-12(10)22-15(20)23-14(13)24-6-8-4-9(24)5-21-8/h1-3,8-9,21H,4-6H2,(H2,20,22,23)/t8-,9-/m0/s1. The summed E-state index contributed by atoms with van der Waals surface area (Å²) in [6.45, 7) is 1.72. The molecule has 5 rings (SSSR count). The van der Waals surface area contributed by atoms with Crippen molar-refractivity contribution >= 4 is 43.4 Å². The van der Waals surface area contributed by atoms with Gasteiger partial charge in [0, 0.05) is 35.3 Å². The second-order valence-electron chi connectivity index (χ2n) is 6.54. The normalized spacial score (nSPS) is 23.2. The smallest absolute Gasteiger partial charge is 0.368 e. The molecule has 2 aliphatic rings. The monoisotopic (exact) mass is 365 g/mol. The Morgan fingerprint density at radius 3 is 2.80 bits per heavy atom.